The minimum Gasteiger partial charge on any atom is -0.336 e. The normalized spacial score (nSPS) is 18.2. The SMILES string of the molecule is Cc1cc(C)c(C(=O)N2CC[C@H](n3ccnn3)C2)c(C)c1. The van der Waals surface area contributed by atoms with Crippen molar-refractivity contribution >= 4 is 5.91 Å². The average Bonchev–Trinajstić information content (AvgIpc) is 3.08. The van der Waals surface area contributed by atoms with Crippen LogP contribution in [0.25, 0.3) is 0 Å². The number of hydrogen-bond acceptors (Lipinski definition) is 3. The number of hydrogen-bond donors (Lipinski definition) is 0. The van der Waals surface area contributed by atoms with Crippen LogP contribution in [0, 0.1) is 20.8 Å². The first-order valence-corrected chi connectivity index (χ1v) is 7.29. The molecule has 2 aromatic rings. The Bertz CT molecular complexity index is 640. The number of amides is 1. The number of aromatic nitrogens is 3. The molecule has 1 aliphatic heterocycles. The van der Waals surface area contributed by atoms with E-state index in [4.69, 9.17) is 0 Å². The van der Waals surface area contributed by atoms with Crippen molar-refractivity contribution in [2.24, 2.45) is 0 Å². The van der Waals surface area contributed by atoms with Crippen molar-refractivity contribution in [3.05, 3.63) is 46.8 Å². The second kappa shape index (κ2) is 5.31. The fourth-order valence-electron chi connectivity index (χ4n) is 3.23. The third-order valence-corrected chi connectivity index (χ3v) is 4.16. The van der Waals surface area contributed by atoms with Crippen LogP contribution in [-0.2, 0) is 0 Å². The van der Waals surface area contributed by atoms with E-state index in [1.165, 1.54) is 5.56 Å². The van der Waals surface area contributed by atoms with Crippen LogP contribution in [0.2, 0.25) is 0 Å². The van der Waals surface area contributed by atoms with Crippen LogP contribution in [0.4, 0.5) is 0 Å². The molecular weight excluding hydrogens is 264 g/mol. The van der Waals surface area contributed by atoms with Crippen molar-refractivity contribution in [1.82, 2.24) is 19.9 Å². The highest BCUT2D eigenvalue weighted by Gasteiger charge is 2.29. The number of carbonyl (C=O) groups is 1. The van der Waals surface area contributed by atoms with Gasteiger partial charge >= 0.3 is 0 Å². The Morgan fingerprint density at radius 1 is 1.24 bits per heavy atom. The highest BCUT2D eigenvalue weighted by atomic mass is 16.2. The smallest absolute Gasteiger partial charge is 0.254 e. The van der Waals surface area contributed by atoms with Crippen LogP contribution in [0.1, 0.15) is 39.5 Å². The molecule has 1 fully saturated rings. The van der Waals surface area contributed by atoms with Gasteiger partial charge in [-0.25, -0.2) is 4.68 Å². The summed E-state index contributed by atoms with van der Waals surface area (Å²) in [6.07, 6.45) is 4.47. The zero-order valence-electron chi connectivity index (χ0n) is 12.7. The third-order valence-electron chi connectivity index (χ3n) is 4.16. The molecule has 0 radical (unpaired) electrons. The van der Waals surface area contributed by atoms with Crippen molar-refractivity contribution in [2.75, 3.05) is 13.1 Å². The van der Waals surface area contributed by atoms with Gasteiger partial charge in [-0.3, -0.25) is 4.79 Å². The molecule has 1 atom stereocenters. The van der Waals surface area contributed by atoms with Gasteiger partial charge < -0.3 is 4.90 Å². The number of rotatable bonds is 2. The van der Waals surface area contributed by atoms with Gasteiger partial charge in [0.2, 0.25) is 0 Å². The van der Waals surface area contributed by atoms with Crippen molar-refractivity contribution in [3.63, 3.8) is 0 Å². The predicted molar refractivity (Wildman–Crippen MR) is 80.2 cm³/mol. The number of carbonyl (C=O) groups excluding carboxylic acids is 1. The van der Waals surface area contributed by atoms with Crippen molar-refractivity contribution in [1.29, 1.82) is 0 Å². The van der Waals surface area contributed by atoms with Gasteiger partial charge in [-0.15, -0.1) is 5.10 Å². The molecule has 1 aromatic carbocycles. The average molecular weight is 284 g/mol. The molecule has 1 aromatic heterocycles. The van der Waals surface area contributed by atoms with Crippen LogP contribution in [-0.4, -0.2) is 38.9 Å². The van der Waals surface area contributed by atoms with E-state index in [0.29, 0.717) is 6.54 Å². The Labute approximate surface area is 124 Å². The highest BCUT2D eigenvalue weighted by molar-refractivity contribution is 5.97. The number of likely N-dealkylation sites (tertiary alicyclic amines) is 1. The summed E-state index contributed by atoms with van der Waals surface area (Å²) < 4.78 is 1.85. The standard InChI is InChI=1S/C16H20N4O/c1-11-8-12(2)15(13(3)9-11)16(21)19-6-4-14(10-19)20-7-5-17-18-20/h5,7-9,14H,4,6,10H2,1-3H3/t14-/m0/s1. The van der Waals surface area contributed by atoms with Gasteiger partial charge in [0.1, 0.15) is 0 Å². The first-order chi connectivity index (χ1) is 10.1. The summed E-state index contributed by atoms with van der Waals surface area (Å²) >= 11 is 0. The van der Waals surface area contributed by atoms with Crippen molar-refractivity contribution in [3.8, 4) is 0 Å². The summed E-state index contributed by atoms with van der Waals surface area (Å²) in [6, 6.07) is 4.39. The van der Waals surface area contributed by atoms with Crippen LogP contribution in [0.15, 0.2) is 24.5 Å². The lowest BCUT2D eigenvalue weighted by Crippen LogP contribution is -2.30. The van der Waals surface area contributed by atoms with Crippen LogP contribution in [0.5, 0.6) is 0 Å². The Kier molecular flexibility index (Phi) is 3.49. The molecule has 0 unspecified atom stereocenters. The van der Waals surface area contributed by atoms with Gasteiger partial charge in [0.05, 0.1) is 12.2 Å². The fourth-order valence-corrected chi connectivity index (χ4v) is 3.23. The second-order valence-corrected chi connectivity index (χ2v) is 5.85. The number of nitrogens with zero attached hydrogens (tertiary/aromatic N) is 4. The third kappa shape index (κ3) is 2.55. The van der Waals surface area contributed by atoms with E-state index < -0.39 is 0 Å². The van der Waals surface area contributed by atoms with E-state index in [1.807, 2.05) is 29.6 Å². The molecule has 1 aliphatic rings. The molecule has 21 heavy (non-hydrogen) atoms. The largest absolute Gasteiger partial charge is 0.336 e. The van der Waals surface area contributed by atoms with E-state index in [1.54, 1.807) is 6.20 Å². The van der Waals surface area contributed by atoms with E-state index in [2.05, 4.69) is 29.4 Å². The van der Waals surface area contributed by atoms with Gasteiger partial charge in [-0.1, -0.05) is 22.9 Å². The molecule has 1 saturated heterocycles. The molecular formula is C16H20N4O. The van der Waals surface area contributed by atoms with Crippen LogP contribution in [0.3, 0.4) is 0 Å². The maximum atomic E-state index is 12.8. The predicted octanol–water partition coefficient (Wildman–Crippen LogP) is 2.29. The molecule has 5 heteroatoms. The van der Waals surface area contributed by atoms with Gasteiger partial charge in [0, 0.05) is 24.8 Å². The first-order valence-electron chi connectivity index (χ1n) is 7.29. The number of aryl methyl sites for hydroxylation is 3. The summed E-state index contributed by atoms with van der Waals surface area (Å²) in [7, 11) is 0. The Hall–Kier alpha value is -2.17. The lowest BCUT2D eigenvalue weighted by molar-refractivity contribution is 0.0785. The summed E-state index contributed by atoms with van der Waals surface area (Å²) in [4.78, 5) is 14.7. The van der Waals surface area contributed by atoms with Crippen molar-refractivity contribution < 1.29 is 4.79 Å². The van der Waals surface area contributed by atoms with E-state index in [9.17, 15) is 4.79 Å². The molecule has 2 heterocycles. The molecule has 0 saturated carbocycles. The quantitative estimate of drug-likeness (QED) is 0.850. The summed E-state index contributed by atoms with van der Waals surface area (Å²) in [5.41, 5.74) is 4.16. The zero-order chi connectivity index (χ0) is 15.0. The minimum absolute atomic E-state index is 0.132. The maximum Gasteiger partial charge on any atom is 0.254 e. The topological polar surface area (TPSA) is 51.0 Å². The summed E-state index contributed by atoms with van der Waals surface area (Å²) in [5.74, 6) is 0.132. The molecule has 3 rings (SSSR count). The lowest BCUT2D eigenvalue weighted by Gasteiger charge is -2.19. The summed E-state index contributed by atoms with van der Waals surface area (Å²) in [6.45, 7) is 7.56. The molecule has 0 spiro atoms. The summed E-state index contributed by atoms with van der Waals surface area (Å²) in [5, 5.41) is 7.88. The Balaban J connectivity index is 1.81. The Morgan fingerprint density at radius 3 is 2.57 bits per heavy atom. The van der Waals surface area contributed by atoms with Crippen LogP contribution >= 0.6 is 0 Å². The maximum absolute atomic E-state index is 12.8. The fraction of sp³-hybridized carbons (Fsp3) is 0.438. The highest BCUT2D eigenvalue weighted by Crippen LogP contribution is 2.25. The minimum atomic E-state index is 0.132. The molecule has 5 nitrogen and oxygen atoms in total. The van der Waals surface area contributed by atoms with Gasteiger partial charge in [-0.2, -0.15) is 0 Å². The Morgan fingerprint density at radius 2 is 1.95 bits per heavy atom. The molecule has 0 bridgehead atoms. The van der Waals surface area contributed by atoms with Gasteiger partial charge in [0.25, 0.3) is 5.91 Å². The van der Waals surface area contributed by atoms with Crippen molar-refractivity contribution in [2.45, 2.75) is 33.2 Å². The molecule has 0 N–H and O–H groups in total. The second-order valence-electron chi connectivity index (χ2n) is 5.85. The first kappa shape index (κ1) is 13.8. The van der Waals surface area contributed by atoms with E-state index in [-0.39, 0.29) is 11.9 Å². The van der Waals surface area contributed by atoms with E-state index in [0.717, 1.165) is 29.7 Å². The van der Waals surface area contributed by atoms with Gasteiger partial charge in [0.15, 0.2) is 0 Å². The number of benzene rings is 1. The van der Waals surface area contributed by atoms with Crippen LogP contribution < -0.4 is 0 Å². The molecule has 110 valence electrons. The zero-order valence-corrected chi connectivity index (χ0v) is 12.7. The molecule has 0 aliphatic carbocycles. The molecule has 1 amide bonds. The van der Waals surface area contributed by atoms with Gasteiger partial charge in [-0.05, 0) is 38.3 Å². The lowest BCUT2D eigenvalue weighted by atomic mass is 9.99. The monoisotopic (exact) mass is 284 g/mol. The van der Waals surface area contributed by atoms with E-state index >= 15 is 0 Å².